The van der Waals surface area contributed by atoms with Crippen molar-refractivity contribution in [3.05, 3.63) is 64.7 Å². The van der Waals surface area contributed by atoms with Crippen LogP contribution in [-0.4, -0.2) is 98.0 Å². The van der Waals surface area contributed by atoms with E-state index in [-0.39, 0.29) is 38.1 Å². The summed E-state index contributed by atoms with van der Waals surface area (Å²) < 4.78 is 8.80. The highest BCUT2D eigenvalue weighted by atomic mass is 35.5. The quantitative estimate of drug-likeness (QED) is 0.205. The molecule has 2 aromatic carbocycles. The van der Waals surface area contributed by atoms with Gasteiger partial charge < -0.3 is 25.0 Å². The van der Waals surface area contributed by atoms with Crippen molar-refractivity contribution in [1.29, 1.82) is 0 Å². The second kappa shape index (κ2) is 15.6. The van der Waals surface area contributed by atoms with E-state index in [1.54, 1.807) is 24.3 Å². The van der Waals surface area contributed by atoms with Crippen LogP contribution in [0, 0.1) is 0 Å². The summed E-state index contributed by atoms with van der Waals surface area (Å²) in [6.45, 7) is 8.11. The number of amides is 2. The van der Waals surface area contributed by atoms with Crippen molar-refractivity contribution in [2.24, 2.45) is 5.73 Å². The second-order valence-electron chi connectivity index (χ2n) is 10.3. The summed E-state index contributed by atoms with van der Waals surface area (Å²) in [5.41, 5.74) is 7.99. The summed E-state index contributed by atoms with van der Waals surface area (Å²) in [5.74, 6) is -1.39. The zero-order chi connectivity index (χ0) is 30.0. The van der Waals surface area contributed by atoms with Crippen LogP contribution in [-0.2, 0) is 25.5 Å². The fourth-order valence-corrected chi connectivity index (χ4v) is 5.17. The molecule has 0 aromatic heterocycles. The van der Waals surface area contributed by atoms with Gasteiger partial charge in [0.15, 0.2) is 4.75 Å². The SMILES string of the molecule is COC(=O)C(S)(CCN)C(=O)N(CCOC(C)C)c1ccc(C(=O)N2CCN(CCc3ccc(Cl)cc3)CC2)cc1. The highest BCUT2D eigenvalue weighted by Crippen LogP contribution is 2.28. The first kappa shape index (κ1) is 32.9. The lowest BCUT2D eigenvalue weighted by molar-refractivity contribution is -0.147. The van der Waals surface area contributed by atoms with Crippen LogP contribution < -0.4 is 10.6 Å². The van der Waals surface area contributed by atoms with E-state index in [1.165, 1.54) is 17.6 Å². The molecule has 224 valence electrons. The normalized spacial score (nSPS) is 15.4. The number of ether oxygens (including phenoxy) is 2. The summed E-state index contributed by atoms with van der Waals surface area (Å²) in [4.78, 5) is 45.1. The summed E-state index contributed by atoms with van der Waals surface area (Å²) >= 11 is 10.4. The van der Waals surface area contributed by atoms with Gasteiger partial charge in [-0.1, -0.05) is 23.7 Å². The van der Waals surface area contributed by atoms with E-state index in [0.29, 0.717) is 24.3 Å². The van der Waals surface area contributed by atoms with Gasteiger partial charge in [0.2, 0.25) is 0 Å². The molecule has 0 bridgehead atoms. The number of hydrogen-bond acceptors (Lipinski definition) is 8. The van der Waals surface area contributed by atoms with Gasteiger partial charge in [-0.2, -0.15) is 12.6 Å². The number of carbonyl (C=O) groups is 3. The number of piperazine rings is 1. The molecular formula is C30H41ClN4O5S. The predicted octanol–water partition coefficient (Wildman–Crippen LogP) is 3.29. The number of methoxy groups -OCH3 is 1. The van der Waals surface area contributed by atoms with Crippen LogP contribution in [0.1, 0.15) is 36.2 Å². The van der Waals surface area contributed by atoms with Crippen molar-refractivity contribution in [1.82, 2.24) is 9.80 Å². The van der Waals surface area contributed by atoms with E-state index in [2.05, 4.69) is 17.5 Å². The van der Waals surface area contributed by atoms with Gasteiger partial charge in [0, 0.05) is 55.5 Å². The van der Waals surface area contributed by atoms with Gasteiger partial charge in [-0.05, 0) is 75.2 Å². The molecule has 1 aliphatic heterocycles. The lowest BCUT2D eigenvalue weighted by atomic mass is 10.0. The largest absolute Gasteiger partial charge is 0.468 e. The number of nitrogens with two attached hydrogens (primary N) is 1. The molecule has 0 spiro atoms. The molecule has 1 atom stereocenters. The maximum Gasteiger partial charge on any atom is 0.331 e. The molecule has 1 fully saturated rings. The highest BCUT2D eigenvalue weighted by molar-refractivity contribution is 7.83. The molecule has 3 rings (SSSR count). The van der Waals surface area contributed by atoms with Crippen LogP contribution >= 0.6 is 24.2 Å². The fourth-order valence-electron chi connectivity index (χ4n) is 4.70. The lowest BCUT2D eigenvalue weighted by Crippen LogP contribution is -2.53. The average Bonchev–Trinajstić information content (AvgIpc) is 2.98. The number of esters is 1. The average molecular weight is 605 g/mol. The van der Waals surface area contributed by atoms with E-state index in [0.717, 1.165) is 31.1 Å². The molecule has 2 aromatic rings. The molecule has 41 heavy (non-hydrogen) atoms. The van der Waals surface area contributed by atoms with E-state index in [9.17, 15) is 14.4 Å². The van der Waals surface area contributed by atoms with Gasteiger partial charge in [0.1, 0.15) is 0 Å². The predicted molar refractivity (Wildman–Crippen MR) is 165 cm³/mol. The summed E-state index contributed by atoms with van der Waals surface area (Å²) in [6, 6.07) is 14.7. The van der Waals surface area contributed by atoms with Crippen LogP contribution in [0.3, 0.4) is 0 Å². The molecule has 11 heteroatoms. The number of anilines is 1. The van der Waals surface area contributed by atoms with E-state index in [4.69, 9.17) is 26.8 Å². The van der Waals surface area contributed by atoms with Crippen molar-refractivity contribution >= 4 is 47.7 Å². The Morgan fingerprint density at radius 3 is 2.24 bits per heavy atom. The monoisotopic (exact) mass is 604 g/mol. The molecule has 0 aliphatic carbocycles. The van der Waals surface area contributed by atoms with E-state index in [1.807, 2.05) is 43.0 Å². The highest BCUT2D eigenvalue weighted by Gasteiger charge is 2.46. The molecule has 9 nitrogen and oxygen atoms in total. The lowest BCUT2D eigenvalue weighted by Gasteiger charge is -2.35. The number of nitrogens with zero attached hydrogens (tertiary/aromatic N) is 3. The van der Waals surface area contributed by atoms with Crippen molar-refractivity contribution in [3.63, 3.8) is 0 Å². The molecule has 2 amide bonds. The third-order valence-corrected chi connectivity index (χ3v) is 7.96. The number of thiol groups is 1. The Kier molecular flexibility index (Phi) is 12.5. The molecule has 1 saturated heterocycles. The summed E-state index contributed by atoms with van der Waals surface area (Å²) in [5, 5.41) is 0.732. The number of carbonyl (C=O) groups excluding carboxylic acids is 3. The maximum absolute atomic E-state index is 13.6. The standard InChI is InChI=1S/C30H41ClN4O5S/c1-22(2)40-21-20-35(28(37)30(41,13-14-32)29(38)39-3)26-10-6-24(7-11-26)27(36)34-18-16-33(17-19-34)15-12-23-4-8-25(31)9-5-23/h4-11,22,41H,12-21,32H2,1-3H3. The first-order chi connectivity index (χ1) is 19.6. The third-order valence-electron chi connectivity index (χ3n) is 7.11. The van der Waals surface area contributed by atoms with Crippen LogP contribution in [0.15, 0.2) is 48.5 Å². The van der Waals surface area contributed by atoms with Gasteiger partial charge >= 0.3 is 5.97 Å². The summed E-state index contributed by atoms with van der Waals surface area (Å²) in [6.07, 6.45) is 0.903. The number of rotatable bonds is 13. The Bertz CT molecular complexity index is 1160. The molecule has 0 saturated carbocycles. The Balaban J connectivity index is 1.66. The van der Waals surface area contributed by atoms with Gasteiger partial charge in [-0.3, -0.25) is 19.3 Å². The van der Waals surface area contributed by atoms with E-state index < -0.39 is 16.6 Å². The molecule has 2 N–H and O–H groups in total. The van der Waals surface area contributed by atoms with Gasteiger partial charge in [-0.15, -0.1) is 0 Å². The Labute approximate surface area is 253 Å². The molecule has 0 radical (unpaired) electrons. The zero-order valence-electron chi connectivity index (χ0n) is 24.1. The third kappa shape index (κ3) is 8.93. The number of benzene rings is 2. The molecular weight excluding hydrogens is 564 g/mol. The van der Waals surface area contributed by atoms with Crippen molar-refractivity contribution in [3.8, 4) is 0 Å². The molecule has 1 aliphatic rings. The van der Waals surface area contributed by atoms with Gasteiger partial charge in [-0.25, -0.2) is 0 Å². The minimum atomic E-state index is -1.75. The number of hydrogen-bond donors (Lipinski definition) is 2. The minimum absolute atomic E-state index is 0.00536. The van der Waals surface area contributed by atoms with Crippen molar-refractivity contribution in [2.75, 3.05) is 64.4 Å². The summed E-state index contributed by atoms with van der Waals surface area (Å²) in [7, 11) is 1.21. The number of halogens is 1. The van der Waals surface area contributed by atoms with Crippen LogP contribution in [0.5, 0.6) is 0 Å². The molecule has 1 unspecified atom stereocenters. The van der Waals surface area contributed by atoms with Crippen LogP contribution in [0.25, 0.3) is 0 Å². The molecule has 1 heterocycles. The smallest absolute Gasteiger partial charge is 0.331 e. The first-order valence-corrected chi connectivity index (χ1v) is 14.7. The first-order valence-electron chi connectivity index (χ1n) is 13.9. The Morgan fingerprint density at radius 2 is 1.68 bits per heavy atom. The van der Waals surface area contributed by atoms with E-state index >= 15 is 0 Å². The van der Waals surface area contributed by atoms with Crippen molar-refractivity contribution in [2.45, 2.75) is 37.5 Å². The minimum Gasteiger partial charge on any atom is -0.468 e. The van der Waals surface area contributed by atoms with Gasteiger partial charge in [0.25, 0.3) is 11.8 Å². The zero-order valence-corrected chi connectivity index (χ0v) is 25.7. The second-order valence-corrected chi connectivity index (χ2v) is 11.5. The van der Waals surface area contributed by atoms with Gasteiger partial charge in [0.05, 0.1) is 19.8 Å². The van der Waals surface area contributed by atoms with Crippen LogP contribution in [0.2, 0.25) is 5.02 Å². The maximum atomic E-state index is 13.6. The van der Waals surface area contributed by atoms with Crippen LogP contribution in [0.4, 0.5) is 5.69 Å². The fraction of sp³-hybridized carbons (Fsp3) is 0.500. The van der Waals surface area contributed by atoms with Crippen molar-refractivity contribution < 1.29 is 23.9 Å². The Morgan fingerprint density at radius 1 is 1.05 bits per heavy atom. The Hall–Kier alpha value is -2.63. The topological polar surface area (TPSA) is 105 Å².